The van der Waals surface area contributed by atoms with Crippen LogP contribution in [0.1, 0.15) is 63.5 Å². The summed E-state index contributed by atoms with van der Waals surface area (Å²) in [6, 6.07) is 8.43. The van der Waals surface area contributed by atoms with Gasteiger partial charge in [-0.15, -0.1) is 0 Å². The lowest BCUT2D eigenvalue weighted by Crippen LogP contribution is -2.60. The Morgan fingerprint density at radius 1 is 1.18 bits per heavy atom. The van der Waals surface area contributed by atoms with Crippen molar-refractivity contribution in [3.8, 4) is 0 Å². The van der Waals surface area contributed by atoms with E-state index in [2.05, 4.69) is 25.7 Å². The average molecular weight is 747 g/mol. The summed E-state index contributed by atoms with van der Waals surface area (Å²) in [5.74, 6) is -1.44. The van der Waals surface area contributed by atoms with Gasteiger partial charge in [-0.2, -0.15) is 0 Å². The van der Waals surface area contributed by atoms with E-state index in [0.717, 1.165) is 21.9 Å². The summed E-state index contributed by atoms with van der Waals surface area (Å²) in [5, 5.41) is 15.9. The van der Waals surface area contributed by atoms with E-state index in [4.69, 9.17) is 45.3 Å². The Bertz CT molecular complexity index is 1730. The number of pyridine rings is 2. The number of aromatic nitrogens is 2. The molecule has 0 saturated carbocycles. The number of nitrogens with two attached hydrogens (primary N) is 1. The fraction of sp³-hybridized carbons (Fsp3) is 0.429. The van der Waals surface area contributed by atoms with Crippen LogP contribution in [0.15, 0.2) is 66.1 Å². The van der Waals surface area contributed by atoms with Gasteiger partial charge in [0.15, 0.2) is 0 Å². The summed E-state index contributed by atoms with van der Waals surface area (Å²) >= 11 is 17.1. The van der Waals surface area contributed by atoms with Crippen molar-refractivity contribution in [2.75, 3.05) is 13.2 Å². The van der Waals surface area contributed by atoms with Gasteiger partial charge >= 0.3 is 5.97 Å². The maximum Gasteiger partial charge on any atom is 0.325 e. The molecular weight excluding hydrogens is 705 g/mol. The number of esters is 1. The molecule has 4 atom stereocenters. The molecule has 2 unspecified atom stereocenters. The van der Waals surface area contributed by atoms with Gasteiger partial charge in [0.2, 0.25) is 9.70 Å². The number of hydrazine groups is 1. The molecule has 268 valence electrons. The highest BCUT2D eigenvalue weighted by atomic mass is 35.6. The predicted octanol–water partition coefficient (Wildman–Crippen LogP) is 4.60. The summed E-state index contributed by atoms with van der Waals surface area (Å²) in [7, 11) is 0. The molecule has 15 heteroatoms. The summed E-state index contributed by atoms with van der Waals surface area (Å²) < 4.78 is 3.31. The minimum Gasteiger partial charge on any atom is -0.460 e. The molecule has 50 heavy (non-hydrogen) atoms. The van der Waals surface area contributed by atoms with E-state index in [9.17, 15) is 19.5 Å². The number of hydrogen-bond acceptors (Lipinski definition) is 9. The number of carbonyl (C=O) groups is 3. The molecule has 1 aliphatic rings. The fourth-order valence-electron chi connectivity index (χ4n) is 5.15. The van der Waals surface area contributed by atoms with E-state index < -0.39 is 57.8 Å². The first kappa shape index (κ1) is 39.0. The monoisotopic (exact) mass is 745 g/mol. The highest BCUT2D eigenvalue weighted by molar-refractivity contribution is 6.67. The number of aliphatic hydroxyl groups excluding tert-OH is 1. The maximum absolute atomic E-state index is 13.7. The summed E-state index contributed by atoms with van der Waals surface area (Å²) in [6.07, 6.45) is 9.24. The molecule has 1 fully saturated rings. The van der Waals surface area contributed by atoms with E-state index in [1.54, 1.807) is 38.5 Å². The van der Waals surface area contributed by atoms with Crippen molar-refractivity contribution in [2.45, 2.75) is 75.0 Å². The predicted molar refractivity (Wildman–Crippen MR) is 195 cm³/mol. The lowest BCUT2D eigenvalue weighted by atomic mass is 9.90. The molecular formula is C35H42Cl3N7O5. The highest BCUT2D eigenvalue weighted by Crippen LogP contribution is 2.27. The quantitative estimate of drug-likeness (QED) is 0.0895. The molecule has 1 aliphatic heterocycles. The molecule has 0 aliphatic carbocycles. The number of benzene rings is 1. The smallest absolute Gasteiger partial charge is 0.325 e. The SMILES string of the molecule is C[C@H](NC(=O)C(Cc1cccnc1)N=C(N)C(C)(C)/C=C/c1cc2cc([C@@H](C)O)ccc2cn1)C(=O)N1CCCC(C(=O)OCC(Cl)(Cl)Cl)N1. The number of aliphatic hydroxyl groups is 1. The number of aliphatic imine (C=N–C) groups is 1. The van der Waals surface area contributed by atoms with Crippen molar-refractivity contribution in [3.63, 3.8) is 0 Å². The molecule has 5 N–H and O–H groups in total. The number of nitrogens with zero attached hydrogens (tertiary/aromatic N) is 4. The van der Waals surface area contributed by atoms with Crippen LogP contribution in [-0.4, -0.2) is 78.8 Å². The minimum atomic E-state index is -1.76. The van der Waals surface area contributed by atoms with Crippen LogP contribution in [0.4, 0.5) is 0 Å². The molecule has 1 aromatic carbocycles. The Kier molecular flexibility index (Phi) is 13.2. The van der Waals surface area contributed by atoms with Gasteiger partial charge in [0.25, 0.3) is 5.91 Å². The van der Waals surface area contributed by atoms with Gasteiger partial charge in [-0.05, 0) is 81.3 Å². The van der Waals surface area contributed by atoms with Gasteiger partial charge < -0.3 is 20.9 Å². The van der Waals surface area contributed by atoms with Crippen LogP contribution in [0.3, 0.4) is 0 Å². The summed E-state index contributed by atoms with van der Waals surface area (Å²) in [4.78, 5) is 52.9. The van der Waals surface area contributed by atoms with Gasteiger partial charge in [0.05, 0.1) is 11.8 Å². The van der Waals surface area contributed by atoms with E-state index in [1.165, 1.54) is 5.01 Å². The van der Waals surface area contributed by atoms with E-state index in [1.807, 2.05) is 56.3 Å². The zero-order valence-corrected chi connectivity index (χ0v) is 30.5. The van der Waals surface area contributed by atoms with Crippen molar-refractivity contribution in [2.24, 2.45) is 16.1 Å². The van der Waals surface area contributed by atoms with Crippen LogP contribution in [0.5, 0.6) is 0 Å². The number of alkyl halides is 3. The third-order valence-electron chi connectivity index (χ3n) is 8.17. The first-order valence-electron chi connectivity index (χ1n) is 16.1. The van der Waals surface area contributed by atoms with Crippen molar-refractivity contribution in [1.82, 2.24) is 25.7 Å². The van der Waals surface area contributed by atoms with E-state index >= 15 is 0 Å². The number of halogens is 3. The number of amidine groups is 1. The van der Waals surface area contributed by atoms with Crippen molar-refractivity contribution in [1.29, 1.82) is 0 Å². The molecule has 2 amide bonds. The standard InChI is InChI=1S/C35H42Cl3N7O5/c1-21(31(48)45-14-6-8-28(44-45)32(49)50-20-35(36,37)38)42-30(47)29(15-23-7-5-13-40-18-23)43-33(39)34(3,4)12-11-27-17-26-16-24(22(2)46)9-10-25(26)19-41-27/h5,7,9-13,16-19,21-22,28-29,44,46H,6,8,14-15,20H2,1-4H3,(H2,39,43)(H,42,47)/b12-11+/t21-,22+,28?,29?/m0/s1. The van der Waals surface area contributed by atoms with Crippen molar-refractivity contribution < 1.29 is 24.2 Å². The van der Waals surface area contributed by atoms with Gasteiger partial charge in [-0.3, -0.25) is 34.4 Å². The van der Waals surface area contributed by atoms with Gasteiger partial charge in [-0.25, -0.2) is 5.43 Å². The van der Waals surface area contributed by atoms with Crippen LogP contribution in [0.25, 0.3) is 16.8 Å². The van der Waals surface area contributed by atoms with Crippen LogP contribution in [-0.2, 0) is 25.5 Å². The molecule has 2 aromatic heterocycles. The number of fused-ring (bicyclic) bond motifs is 1. The Balaban J connectivity index is 1.48. The van der Waals surface area contributed by atoms with E-state index in [0.29, 0.717) is 25.1 Å². The van der Waals surface area contributed by atoms with Crippen LogP contribution in [0, 0.1) is 5.41 Å². The van der Waals surface area contributed by atoms with Gasteiger partial charge in [-0.1, -0.05) is 59.1 Å². The van der Waals surface area contributed by atoms with Crippen molar-refractivity contribution >= 4 is 75.3 Å². The van der Waals surface area contributed by atoms with Crippen LogP contribution in [0.2, 0.25) is 0 Å². The minimum absolute atomic E-state index is 0.179. The molecule has 0 bridgehead atoms. The molecule has 1 saturated heterocycles. The maximum atomic E-state index is 13.7. The number of nitrogens with one attached hydrogen (secondary N) is 2. The van der Waals surface area contributed by atoms with Crippen LogP contribution < -0.4 is 16.5 Å². The zero-order chi connectivity index (χ0) is 36.6. The first-order chi connectivity index (χ1) is 23.5. The topological polar surface area (TPSA) is 172 Å². The molecule has 3 aromatic rings. The lowest BCUT2D eigenvalue weighted by molar-refractivity contribution is -0.152. The van der Waals surface area contributed by atoms with Gasteiger partial charge in [0.1, 0.15) is 30.6 Å². The number of ether oxygens (including phenoxy) is 1. The molecule has 0 radical (unpaired) electrons. The van der Waals surface area contributed by atoms with Crippen molar-refractivity contribution in [3.05, 3.63) is 77.9 Å². The average Bonchev–Trinajstić information content (AvgIpc) is 3.08. The normalized spacial score (nSPS) is 17.7. The Hall–Kier alpha value is -3.81. The summed E-state index contributed by atoms with van der Waals surface area (Å²) in [6.45, 7) is 6.89. The van der Waals surface area contributed by atoms with E-state index in [-0.39, 0.29) is 12.3 Å². The van der Waals surface area contributed by atoms with Crippen LogP contribution >= 0.6 is 34.8 Å². The Morgan fingerprint density at radius 3 is 2.62 bits per heavy atom. The number of amides is 2. The highest BCUT2D eigenvalue weighted by Gasteiger charge is 2.34. The third kappa shape index (κ3) is 11.1. The first-order valence-corrected chi connectivity index (χ1v) is 17.3. The molecule has 0 spiro atoms. The Morgan fingerprint density at radius 2 is 1.94 bits per heavy atom. The largest absolute Gasteiger partial charge is 0.460 e. The number of carbonyl (C=O) groups excluding carboxylic acids is 3. The third-order valence-corrected chi connectivity index (χ3v) is 8.50. The van der Waals surface area contributed by atoms with Gasteiger partial charge in [0, 0.05) is 42.4 Å². The summed E-state index contributed by atoms with van der Waals surface area (Å²) in [5.41, 5.74) is 10.9. The second-order valence-corrected chi connectivity index (χ2v) is 15.3. The zero-order valence-electron chi connectivity index (χ0n) is 28.3. The number of hydrogen-bond donors (Lipinski definition) is 4. The second kappa shape index (κ2) is 16.9. The molecule has 4 rings (SSSR count). The lowest BCUT2D eigenvalue weighted by Gasteiger charge is -2.34. The molecule has 12 nitrogen and oxygen atoms in total. The second-order valence-electron chi connectivity index (χ2n) is 12.8. The Labute approximate surface area is 306 Å². The number of rotatable bonds is 12. The fourth-order valence-corrected chi connectivity index (χ4v) is 5.32. The molecule has 3 heterocycles.